The maximum absolute atomic E-state index is 5.01. The van der Waals surface area contributed by atoms with Crippen LogP contribution in [0.4, 0.5) is 0 Å². The highest BCUT2D eigenvalue weighted by Crippen LogP contribution is 2.30. The summed E-state index contributed by atoms with van der Waals surface area (Å²) in [4.78, 5) is 2.38. The van der Waals surface area contributed by atoms with Crippen LogP contribution < -0.4 is 0 Å². The second-order valence-corrected chi connectivity index (χ2v) is 6.77. The second-order valence-electron chi connectivity index (χ2n) is 6.77. The molecule has 122 valence electrons. The first kappa shape index (κ1) is 15.2. The zero-order valence-corrected chi connectivity index (χ0v) is 14.4. The maximum Gasteiger partial charge on any atom is 0.0971 e. The van der Waals surface area contributed by atoms with E-state index in [0.717, 1.165) is 31.7 Å². The van der Waals surface area contributed by atoms with Crippen LogP contribution in [0.5, 0.6) is 0 Å². The molecule has 0 saturated carbocycles. The van der Waals surface area contributed by atoms with Crippen LogP contribution in [0.1, 0.15) is 22.4 Å². The number of benzene rings is 2. The molecule has 0 fully saturated rings. The van der Waals surface area contributed by atoms with E-state index < -0.39 is 0 Å². The van der Waals surface area contributed by atoms with Crippen LogP contribution in [-0.2, 0) is 19.5 Å². The molecule has 3 nitrogen and oxygen atoms in total. The van der Waals surface area contributed by atoms with Crippen LogP contribution in [0, 0.1) is 6.92 Å². The molecule has 24 heavy (non-hydrogen) atoms. The lowest BCUT2D eigenvalue weighted by atomic mass is 10.0. The van der Waals surface area contributed by atoms with Gasteiger partial charge in [0.2, 0.25) is 0 Å². The zero-order valence-electron chi connectivity index (χ0n) is 14.4. The van der Waals surface area contributed by atoms with Crippen molar-refractivity contribution >= 4 is 0 Å². The normalized spacial score (nSPS) is 14.6. The summed E-state index contributed by atoms with van der Waals surface area (Å²) in [5.41, 5.74) is 7.74. The monoisotopic (exact) mass is 317 g/mol. The Morgan fingerprint density at radius 3 is 2.50 bits per heavy atom. The molecule has 0 spiro atoms. The number of aromatic nitrogens is 2. The predicted octanol–water partition coefficient (Wildman–Crippen LogP) is 3.89. The van der Waals surface area contributed by atoms with Crippen molar-refractivity contribution in [2.24, 2.45) is 0 Å². The van der Waals surface area contributed by atoms with E-state index in [9.17, 15) is 0 Å². The van der Waals surface area contributed by atoms with Crippen LogP contribution in [0.2, 0.25) is 0 Å². The van der Waals surface area contributed by atoms with Gasteiger partial charge in [0.25, 0.3) is 0 Å². The summed E-state index contributed by atoms with van der Waals surface area (Å²) < 4.78 is 2.22. The van der Waals surface area contributed by atoms with Gasteiger partial charge in [0.05, 0.1) is 12.2 Å². The third-order valence-electron chi connectivity index (χ3n) is 4.83. The van der Waals surface area contributed by atoms with Crippen molar-refractivity contribution in [2.75, 3.05) is 13.6 Å². The fraction of sp³-hybridized carbons (Fsp3) is 0.286. The van der Waals surface area contributed by atoms with E-state index in [-0.39, 0.29) is 0 Å². The topological polar surface area (TPSA) is 21.1 Å². The van der Waals surface area contributed by atoms with Crippen LogP contribution in [0.25, 0.3) is 11.3 Å². The van der Waals surface area contributed by atoms with Gasteiger partial charge in [-0.25, -0.2) is 0 Å². The molecule has 0 saturated heterocycles. The van der Waals surface area contributed by atoms with E-state index in [0.29, 0.717) is 0 Å². The molecule has 0 unspecified atom stereocenters. The summed E-state index contributed by atoms with van der Waals surface area (Å²) in [5.74, 6) is 0. The van der Waals surface area contributed by atoms with Crippen LogP contribution in [-0.4, -0.2) is 28.3 Å². The van der Waals surface area contributed by atoms with Gasteiger partial charge in [0.1, 0.15) is 0 Å². The third kappa shape index (κ3) is 2.87. The summed E-state index contributed by atoms with van der Waals surface area (Å²) in [6.45, 7) is 5.05. The summed E-state index contributed by atoms with van der Waals surface area (Å²) in [5, 5.41) is 5.01. The molecule has 0 radical (unpaired) electrons. The van der Waals surface area contributed by atoms with Gasteiger partial charge in [-0.2, -0.15) is 5.10 Å². The van der Waals surface area contributed by atoms with Crippen molar-refractivity contribution in [3.8, 4) is 11.3 Å². The number of hydrogen-bond acceptors (Lipinski definition) is 2. The number of aryl methyl sites for hydroxylation is 1. The van der Waals surface area contributed by atoms with Gasteiger partial charge in [-0.3, -0.25) is 4.68 Å². The molecule has 4 rings (SSSR count). The number of likely N-dealkylation sites (N-methyl/N-ethyl adjacent to an activating group) is 1. The molecular weight excluding hydrogens is 294 g/mol. The fourth-order valence-electron chi connectivity index (χ4n) is 3.46. The van der Waals surface area contributed by atoms with E-state index >= 15 is 0 Å². The Kier molecular flexibility index (Phi) is 3.95. The van der Waals surface area contributed by atoms with Crippen molar-refractivity contribution in [1.82, 2.24) is 14.7 Å². The van der Waals surface area contributed by atoms with Gasteiger partial charge in [-0.15, -0.1) is 0 Å². The molecule has 0 amide bonds. The summed E-state index contributed by atoms with van der Waals surface area (Å²) in [7, 11) is 2.19. The van der Waals surface area contributed by atoms with Gasteiger partial charge in [0, 0.05) is 36.3 Å². The molecule has 1 aromatic heterocycles. The molecule has 3 aromatic rings. The van der Waals surface area contributed by atoms with Gasteiger partial charge < -0.3 is 4.90 Å². The van der Waals surface area contributed by atoms with Crippen LogP contribution in [0.15, 0.2) is 54.6 Å². The SMILES string of the molecule is Cc1ccc(-c2nn(Cc3ccccc3)c3c2CN(C)CC3)cc1. The minimum Gasteiger partial charge on any atom is -0.302 e. The first-order valence-electron chi connectivity index (χ1n) is 8.59. The van der Waals surface area contributed by atoms with E-state index in [1.54, 1.807) is 0 Å². The molecule has 3 heteroatoms. The van der Waals surface area contributed by atoms with Crippen LogP contribution in [0.3, 0.4) is 0 Å². The molecule has 1 aliphatic heterocycles. The highest BCUT2D eigenvalue weighted by molar-refractivity contribution is 5.65. The van der Waals surface area contributed by atoms with E-state index in [4.69, 9.17) is 5.10 Å². The van der Waals surface area contributed by atoms with Gasteiger partial charge >= 0.3 is 0 Å². The highest BCUT2D eigenvalue weighted by atomic mass is 15.3. The number of fused-ring (bicyclic) bond motifs is 1. The van der Waals surface area contributed by atoms with Crippen molar-refractivity contribution in [3.63, 3.8) is 0 Å². The average molecular weight is 317 g/mol. The average Bonchev–Trinajstić information content (AvgIpc) is 2.94. The third-order valence-corrected chi connectivity index (χ3v) is 4.83. The molecule has 0 atom stereocenters. The maximum atomic E-state index is 5.01. The Balaban J connectivity index is 1.78. The van der Waals surface area contributed by atoms with Crippen molar-refractivity contribution in [1.29, 1.82) is 0 Å². The predicted molar refractivity (Wildman–Crippen MR) is 98.0 cm³/mol. The van der Waals surface area contributed by atoms with Gasteiger partial charge in [-0.05, 0) is 19.5 Å². The summed E-state index contributed by atoms with van der Waals surface area (Å²) >= 11 is 0. The Bertz CT molecular complexity index is 832. The first-order chi connectivity index (χ1) is 11.7. The van der Waals surface area contributed by atoms with Gasteiger partial charge in [-0.1, -0.05) is 60.2 Å². The van der Waals surface area contributed by atoms with Gasteiger partial charge in [0.15, 0.2) is 0 Å². The minimum absolute atomic E-state index is 0.846. The van der Waals surface area contributed by atoms with E-state index in [1.165, 1.54) is 27.9 Å². The van der Waals surface area contributed by atoms with Crippen LogP contribution >= 0.6 is 0 Å². The number of nitrogens with zero attached hydrogens (tertiary/aromatic N) is 3. The fourth-order valence-corrected chi connectivity index (χ4v) is 3.46. The largest absolute Gasteiger partial charge is 0.302 e. The molecule has 2 aromatic carbocycles. The van der Waals surface area contributed by atoms with E-state index in [2.05, 4.69) is 78.2 Å². The van der Waals surface area contributed by atoms with E-state index in [1.807, 2.05) is 0 Å². The lowest BCUT2D eigenvalue weighted by molar-refractivity contribution is 0.308. The van der Waals surface area contributed by atoms with Crippen molar-refractivity contribution in [2.45, 2.75) is 26.4 Å². The Hall–Kier alpha value is -2.39. The summed E-state index contributed by atoms with van der Waals surface area (Å²) in [6.07, 6.45) is 1.07. The smallest absolute Gasteiger partial charge is 0.0971 e. The quantitative estimate of drug-likeness (QED) is 0.730. The second kappa shape index (κ2) is 6.25. The number of rotatable bonds is 3. The standard InChI is InChI=1S/C21H23N3/c1-16-8-10-18(11-9-16)21-19-15-23(2)13-12-20(19)24(22-21)14-17-6-4-3-5-7-17/h3-11H,12-15H2,1-2H3. The molecule has 1 aliphatic rings. The first-order valence-corrected chi connectivity index (χ1v) is 8.59. The minimum atomic E-state index is 0.846. The van der Waals surface area contributed by atoms with Crippen molar-refractivity contribution < 1.29 is 0 Å². The Labute approximate surface area is 143 Å². The molecule has 0 aliphatic carbocycles. The Morgan fingerprint density at radius 1 is 1.00 bits per heavy atom. The Morgan fingerprint density at radius 2 is 1.75 bits per heavy atom. The summed E-state index contributed by atoms with van der Waals surface area (Å²) in [6, 6.07) is 19.3. The zero-order chi connectivity index (χ0) is 16.5. The molecule has 2 heterocycles. The lowest BCUT2D eigenvalue weighted by Gasteiger charge is -2.23. The molecule has 0 N–H and O–H groups in total. The molecule has 0 bridgehead atoms. The number of hydrogen-bond donors (Lipinski definition) is 0. The molecular formula is C21H23N3. The highest BCUT2D eigenvalue weighted by Gasteiger charge is 2.24. The lowest BCUT2D eigenvalue weighted by Crippen LogP contribution is -2.27. The van der Waals surface area contributed by atoms with Crippen molar-refractivity contribution in [3.05, 3.63) is 77.0 Å².